The Labute approximate surface area is 82.3 Å². The monoisotopic (exact) mass is 192 g/mol. The van der Waals surface area contributed by atoms with E-state index in [9.17, 15) is 4.79 Å². The second-order valence-corrected chi connectivity index (χ2v) is 2.78. The first kappa shape index (κ1) is 10.3. The molecule has 1 rings (SSSR count). The number of aromatic amines is 1. The molecule has 0 aliphatic heterocycles. The van der Waals surface area contributed by atoms with Gasteiger partial charge in [-0.15, -0.1) is 0 Å². The highest BCUT2D eigenvalue weighted by atomic mass is 16.2. The van der Waals surface area contributed by atoms with Crippen LogP contribution in [0, 0.1) is 11.3 Å². The number of carbonyl (C=O) groups is 1. The number of nitriles is 1. The zero-order valence-electron chi connectivity index (χ0n) is 8.03. The lowest BCUT2D eigenvalue weighted by Gasteiger charge is -2.18. The van der Waals surface area contributed by atoms with Gasteiger partial charge in [-0.05, 0) is 6.92 Å². The standard InChI is InChI=1S/C9H12N4O/c1-2-13(5-3-4-10)9(14)8-6-11-12-7-8/h6-7H,2-3,5H2,1H3,(H,11,12). The summed E-state index contributed by atoms with van der Waals surface area (Å²) in [4.78, 5) is 13.3. The number of H-pyrrole nitrogens is 1. The van der Waals surface area contributed by atoms with E-state index in [1.807, 2.05) is 13.0 Å². The summed E-state index contributed by atoms with van der Waals surface area (Å²) >= 11 is 0. The predicted molar refractivity (Wildman–Crippen MR) is 50.4 cm³/mol. The molecule has 1 heterocycles. The normalized spacial score (nSPS) is 9.43. The van der Waals surface area contributed by atoms with Crippen LogP contribution >= 0.6 is 0 Å². The molecular weight excluding hydrogens is 180 g/mol. The van der Waals surface area contributed by atoms with Crippen LogP contribution in [0.2, 0.25) is 0 Å². The Bertz CT molecular complexity index is 325. The summed E-state index contributed by atoms with van der Waals surface area (Å²) in [6.45, 7) is 2.96. The lowest BCUT2D eigenvalue weighted by molar-refractivity contribution is 0.0768. The Hall–Kier alpha value is -1.83. The van der Waals surface area contributed by atoms with E-state index < -0.39 is 0 Å². The Kier molecular flexibility index (Phi) is 3.68. The van der Waals surface area contributed by atoms with Crippen LogP contribution in [-0.4, -0.2) is 34.1 Å². The van der Waals surface area contributed by atoms with Gasteiger partial charge in [-0.25, -0.2) is 0 Å². The van der Waals surface area contributed by atoms with Crippen molar-refractivity contribution in [3.63, 3.8) is 0 Å². The molecule has 0 fully saturated rings. The van der Waals surface area contributed by atoms with Gasteiger partial charge < -0.3 is 4.90 Å². The minimum absolute atomic E-state index is 0.0866. The number of hydrogen-bond acceptors (Lipinski definition) is 3. The number of rotatable bonds is 4. The maximum absolute atomic E-state index is 11.7. The molecule has 0 saturated heterocycles. The van der Waals surface area contributed by atoms with Crippen molar-refractivity contribution in [2.45, 2.75) is 13.3 Å². The fraction of sp³-hybridized carbons (Fsp3) is 0.444. The van der Waals surface area contributed by atoms with Crippen molar-refractivity contribution in [2.24, 2.45) is 0 Å². The highest BCUT2D eigenvalue weighted by molar-refractivity contribution is 5.93. The van der Waals surface area contributed by atoms with Crippen molar-refractivity contribution in [1.82, 2.24) is 15.1 Å². The zero-order valence-corrected chi connectivity index (χ0v) is 8.03. The summed E-state index contributed by atoms with van der Waals surface area (Å²) < 4.78 is 0. The van der Waals surface area contributed by atoms with Crippen LogP contribution in [0.5, 0.6) is 0 Å². The summed E-state index contributed by atoms with van der Waals surface area (Å²) in [5, 5.41) is 14.7. The van der Waals surface area contributed by atoms with Crippen molar-refractivity contribution < 1.29 is 4.79 Å². The van der Waals surface area contributed by atoms with Gasteiger partial charge in [0.05, 0.1) is 24.3 Å². The number of carbonyl (C=O) groups excluding carboxylic acids is 1. The van der Waals surface area contributed by atoms with Crippen LogP contribution in [-0.2, 0) is 0 Å². The lowest BCUT2D eigenvalue weighted by Crippen LogP contribution is -2.31. The van der Waals surface area contributed by atoms with E-state index in [4.69, 9.17) is 5.26 Å². The van der Waals surface area contributed by atoms with E-state index >= 15 is 0 Å². The average Bonchev–Trinajstić information content (AvgIpc) is 2.71. The second-order valence-electron chi connectivity index (χ2n) is 2.78. The smallest absolute Gasteiger partial charge is 0.257 e. The molecule has 0 radical (unpaired) electrons. The van der Waals surface area contributed by atoms with Gasteiger partial charge in [0, 0.05) is 19.3 Å². The molecule has 0 atom stereocenters. The first-order valence-electron chi connectivity index (χ1n) is 4.44. The summed E-state index contributed by atoms with van der Waals surface area (Å²) in [6.07, 6.45) is 3.40. The highest BCUT2D eigenvalue weighted by Gasteiger charge is 2.13. The van der Waals surface area contributed by atoms with E-state index in [1.165, 1.54) is 6.20 Å². The molecule has 74 valence electrons. The quantitative estimate of drug-likeness (QED) is 0.766. The van der Waals surface area contributed by atoms with E-state index in [1.54, 1.807) is 11.1 Å². The Morgan fingerprint density at radius 2 is 2.57 bits per heavy atom. The summed E-state index contributed by atoms with van der Waals surface area (Å²) in [7, 11) is 0. The largest absolute Gasteiger partial charge is 0.338 e. The Morgan fingerprint density at radius 1 is 1.79 bits per heavy atom. The molecule has 5 nitrogen and oxygen atoms in total. The maximum atomic E-state index is 11.7. The number of nitrogens with one attached hydrogen (secondary N) is 1. The SMILES string of the molecule is CCN(CCC#N)C(=O)c1cn[nH]c1. The zero-order chi connectivity index (χ0) is 10.4. The molecule has 0 aliphatic rings. The first-order valence-corrected chi connectivity index (χ1v) is 4.44. The molecule has 0 aliphatic carbocycles. The Balaban J connectivity index is 2.62. The van der Waals surface area contributed by atoms with Crippen molar-refractivity contribution in [1.29, 1.82) is 5.26 Å². The van der Waals surface area contributed by atoms with E-state index in [0.29, 0.717) is 25.1 Å². The molecule has 1 aromatic heterocycles. The van der Waals surface area contributed by atoms with Gasteiger partial charge in [0.15, 0.2) is 0 Å². The molecular formula is C9H12N4O. The van der Waals surface area contributed by atoms with Crippen LogP contribution in [0.15, 0.2) is 12.4 Å². The minimum Gasteiger partial charge on any atom is -0.338 e. The van der Waals surface area contributed by atoms with E-state index in [0.717, 1.165) is 0 Å². The van der Waals surface area contributed by atoms with Crippen LogP contribution in [0.4, 0.5) is 0 Å². The molecule has 0 aromatic carbocycles. The van der Waals surface area contributed by atoms with Gasteiger partial charge in [0.2, 0.25) is 0 Å². The average molecular weight is 192 g/mol. The summed E-state index contributed by atoms with van der Waals surface area (Å²) in [6, 6.07) is 2.02. The third-order valence-electron chi connectivity index (χ3n) is 1.91. The molecule has 0 bridgehead atoms. The van der Waals surface area contributed by atoms with Crippen LogP contribution < -0.4 is 0 Å². The molecule has 14 heavy (non-hydrogen) atoms. The number of amides is 1. The number of hydrogen-bond donors (Lipinski definition) is 1. The summed E-state index contributed by atoms with van der Waals surface area (Å²) in [5.74, 6) is -0.0866. The molecule has 0 spiro atoms. The van der Waals surface area contributed by atoms with E-state index in [-0.39, 0.29) is 5.91 Å². The minimum atomic E-state index is -0.0866. The van der Waals surface area contributed by atoms with Crippen molar-refractivity contribution >= 4 is 5.91 Å². The van der Waals surface area contributed by atoms with E-state index in [2.05, 4.69) is 10.2 Å². The van der Waals surface area contributed by atoms with Gasteiger partial charge in [-0.3, -0.25) is 9.89 Å². The fourth-order valence-corrected chi connectivity index (χ4v) is 1.14. The highest BCUT2D eigenvalue weighted by Crippen LogP contribution is 2.02. The van der Waals surface area contributed by atoms with Gasteiger partial charge in [-0.2, -0.15) is 10.4 Å². The lowest BCUT2D eigenvalue weighted by atomic mass is 10.3. The predicted octanol–water partition coefficient (Wildman–Crippen LogP) is 0.785. The third kappa shape index (κ3) is 2.33. The molecule has 1 N–H and O–H groups in total. The molecule has 0 saturated carbocycles. The van der Waals surface area contributed by atoms with Crippen LogP contribution in [0.25, 0.3) is 0 Å². The molecule has 1 aromatic rings. The molecule has 1 amide bonds. The Morgan fingerprint density at radius 3 is 3.07 bits per heavy atom. The van der Waals surface area contributed by atoms with Crippen molar-refractivity contribution in [3.05, 3.63) is 18.0 Å². The van der Waals surface area contributed by atoms with Gasteiger partial charge in [0.25, 0.3) is 5.91 Å². The third-order valence-corrected chi connectivity index (χ3v) is 1.91. The van der Waals surface area contributed by atoms with Gasteiger partial charge in [0.1, 0.15) is 0 Å². The van der Waals surface area contributed by atoms with Crippen molar-refractivity contribution in [3.8, 4) is 6.07 Å². The summed E-state index contributed by atoms with van der Waals surface area (Å²) in [5.41, 5.74) is 0.532. The van der Waals surface area contributed by atoms with Crippen molar-refractivity contribution in [2.75, 3.05) is 13.1 Å². The van der Waals surface area contributed by atoms with Gasteiger partial charge in [-0.1, -0.05) is 0 Å². The number of aromatic nitrogens is 2. The fourth-order valence-electron chi connectivity index (χ4n) is 1.14. The second kappa shape index (κ2) is 5.02. The topological polar surface area (TPSA) is 72.8 Å². The first-order chi connectivity index (χ1) is 6.79. The molecule has 5 heteroatoms. The van der Waals surface area contributed by atoms with Crippen LogP contribution in [0.1, 0.15) is 23.7 Å². The molecule has 0 unspecified atom stereocenters. The maximum Gasteiger partial charge on any atom is 0.257 e. The van der Waals surface area contributed by atoms with Gasteiger partial charge >= 0.3 is 0 Å². The van der Waals surface area contributed by atoms with Crippen LogP contribution in [0.3, 0.4) is 0 Å². The number of nitrogens with zero attached hydrogens (tertiary/aromatic N) is 3.